The predicted molar refractivity (Wildman–Crippen MR) is 74.5 cm³/mol. The van der Waals surface area contributed by atoms with Gasteiger partial charge in [0.05, 0.1) is 19.7 Å². The molecule has 2 atom stereocenters. The van der Waals surface area contributed by atoms with Crippen molar-refractivity contribution in [3.05, 3.63) is 0 Å². The Hall–Kier alpha value is -1.85. The number of nitrogens with one attached hydrogen (secondary N) is 3. The first-order valence-corrected chi connectivity index (χ1v) is 6.50. The molecule has 11 heteroatoms. The van der Waals surface area contributed by atoms with E-state index < -0.39 is 48.9 Å². The van der Waals surface area contributed by atoms with Gasteiger partial charge in [-0.3, -0.25) is 14.4 Å². The van der Waals surface area contributed by atoms with Gasteiger partial charge in [0.25, 0.3) is 0 Å². The molecular formula is C10H18N4O6S. The van der Waals surface area contributed by atoms with Gasteiger partial charge in [-0.2, -0.15) is 12.6 Å². The quantitative estimate of drug-likeness (QED) is 0.212. The first-order valence-electron chi connectivity index (χ1n) is 5.86. The summed E-state index contributed by atoms with van der Waals surface area (Å²) in [7, 11) is 0. The number of nitrogens with two attached hydrogens (primary N) is 1. The van der Waals surface area contributed by atoms with Gasteiger partial charge < -0.3 is 31.9 Å². The number of hydrogen-bond acceptors (Lipinski definition) is 7. The molecule has 10 nitrogen and oxygen atoms in total. The summed E-state index contributed by atoms with van der Waals surface area (Å²) in [4.78, 5) is 44.7. The summed E-state index contributed by atoms with van der Waals surface area (Å²) >= 11 is 3.88. The fourth-order valence-electron chi connectivity index (χ4n) is 1.17. The van der Waals surface area contributed by atoms with Crippen molar-refractivity contribution in [3.63, 3.8) is 0 Å². The van der Waals surface area contributed by atoms with E-state index in [0.29, 0.717) is 0 Å². The highest BCUT2D eigenvalue weighted by atomic mass is 32.1. The number of carboxylic acid groups (broad SMARTS) is 1. The average molecular weight is 322 g/mol. The minimum atomic E-state index is -1.45. The Labute approximate surface area is 125 Å². The molecule has 0 spiro atoms. The Morgan fingerprint density at radius 2 is 1.67 bits per heavy atom. The van der Waals surface area contributed by atoms with E-state index >= 15 is 0 Å². The summed E-state index contributed by atoms with van der Waals surface area (Å²) in [6.07, 6.45) is 0. The number of rotatable bonds is 9. The van der Waals surface area contributed by atoms with Crippen LogP contribution in [0.25, 0.3) is 0 Å². The van der Waals surface area contributed by atoms with Crippen LogP contribution >= 0.6 is 12.6 Å². The second kappa shape index (κ2) is 9.96. The second-order valence-corrected chi connectivity index (χ2v) is 4.23. The minimum Gasteiger partial charge on any atom is -0.480 e. The number of aliphatic hydroxyl groups excluding tert-OH is 1. The van der Waals surface area contributed by atoms with Gasteiger partial charge in [0, 0.05) is 5.75 Å². The van der Waals surface area contributed by atoms with E-state index in [-0.39, 0.29) is 12.3 Å². The van der Waals surface area contributed by atoms with Gasteiger partial charge in [0.2, 0.25) is 17.7 Å². The van der Waals surface area contributed by atoms with Gasteiger partial charge in [-0.05, 0) is 0 Å². The lowest BCUT2D eigenvalue weighted by Crippen LogP contribution is -2.52. The monoisotopic (exact) mass is 322 g/mol. The molecule has 0 radical (unpaired) electrons. The summed E-state index contributed by atoms with van der Waals surface area (Å²) in [5, 5.41) is 23.8. The molecule has 21 heavy (non-hydrogen) atoms. The van der Waals surface area contributed by atoms with Gasteiger partial charge >= 0.3 is 5.97 Å². The molecule has 3 amide bonds. The number of aliphatic carboxylic acids is 1. The van der Waals surface area contributed by atoms with Crippen molar-refractivity contribution in [1.82, 2.24) is 16.0 Å². The molecule has 0 aromatic rings. The first-order chi connectivity index (χ1) is 9.85. The van der Waals surface area contributed by atoms with E-state index in [2.05, 4.69) is 23.3 Å². The Morgan fingerprint density at radius 1 is 1.10 bits per heavy atom. The molecule has 0 heterocycles. The SMILES string of the molecule is NCC(=O)NC(CS)C(=O)NCC(=O)NC(CO)C(=O)O. The maximum atomic E-state index is 11.7. The third-order valence-electron chi connectivity index (χ3n) is 2.26. The normalized spacial score (nSPS) is 12.9. The van der Waals surface area contributed by atoms with Crippen molar-refractivity contribution in [2.24, 2.45) is 5.73 Å². The third-order valence-corrected chi connectivity index (χ3v) is 2.62. The Morgan fingerprint density at radius 3 is 2.10 bits per heavy atom. The molecule has 0 rings (SSSR count). The summed E-state index contributed by atoms with van der Waals surface area (Å²) in [5.41, 5.74) is 5.08. The van der Waals surface area contributed by atoms with Crippen LogP contribution < -0.4 is 21.7 Å². The van der Waals surface area contributed by atoms with Crippen molar-refractivity contribution >= 4 is 36.3 Å². The number of thiol groups is 1. The summed E-state index contributed by atoms with van der Waals surface area (Å²) < 4.78 is 0. The molecule has 0 bridgehead atoms. The van der Waals surface area contributed by atoms with Crippen molar-refractivity contribution < 1.29 is 29.4 Å². The molecule has 7 N–H and O–H groups in total. The van der Waals surface area contributed by atoms with E-state index in [9.17, 15) is 19.2 Å². The fourth-order valence-corrected chi connectivity index (χ4v) is 1.43. The Kier molecular flexibility index (Phi) is 9.08. The highest BCUT2D eigenvalue weighted by molar-refractivity contribution is 7.80. The van der Waals surface area contributed by atoms with Crippen LogP contribution in [0.4, 0.5) is 0 Å². The molecule has 2 unspecified atom stereocenters. The standard InChI is InChI=1S/C10H18N4O6S/c11-1-7(16)14-6(4-21)9(18)12-2-8(17)13-5(3-15)10(19)20/h5-6,15,21H,1-4,11H2,(H,12,18)(H,13,17)(H,14,16)(H,19,20). The molecule has 0 saturated heterocycles. The van der Waals surface area contributed by atoms with Crippen LogP contribution in [0.2, 0.25) is 0 Å². The lowest BCUT2D eigenvalue weighted by atomic mass is 10.3. The molecule has 120 valence electrons. The Balaban J connectivity index is 4.30. The van der Waals surface area contributed by atoms with Gasteiger partial charge in [-0.1, -0.05) is 0 Å². The van der Waals surface area contributed by atoms with Crippen LogP contribution in [0.15, 0.2) is 0 Å². The number of aliphatic hydroxyl groups is 1. The van der Waals surface area contributed by atoms with Gasteiger partial charge in [-0.25, -0.2) is 4.79 Å². The molecule has 0 aromatic carbocycles. The van der Waals surface area contributed by atoms with Crippen molar-refractivity contribution in [2.75, 3.05) is 25.4 Å². The summed E-state index contributed by atoms with van der Waals surface area (Å²) in [5.74, 6) is -3.43. The highest BCUT2D eigenvalue weighted by Crippen LogP contribution is 1.89. The zero-order chi connectivity index (χ0) is 16.4. The van der Waals surface area contributed by atoms with Crippen LogP contribution in [-0.4, -0.2) is 71.4 Å². The summed E-state index contributed by atoms with van der Waals surface area (Å²) in [6, 6.07) is -2.42. The number of carbonyl (C=O) groups excluding carboxylic acids is 3. The first kappa shape index (κ1) is 19.1. The number of carbonyl (C=O) groups is 4. The maximum Gasteiger partial charge on any atom is 0.328 e. The highest BCUT2D eigenvalue weighted by Gasteiger charge is 2.21. The maximum absolute atomic E-state index is 11.7. The van der Waals surface area contributed by atoms with Gasteiger partial charge in [0.1, 0.15) is 12.1 Å². The topological polar surface area (TPSA) is 171 Å². The number of amides is 3. The van der Waals surface area contributed by atoms with E-state index in [1.54, 1.807) is 0 Å². The molecular weight excluding hydrogens is 304 g/mol. The zero-order valence-corrected chi connectivity index (χ0v) is 11.9. The number of carboxylic acids is 1. The predicted octanol–water partition coefficient (Wildman–Crippen LogP) is -3.96. The summed E-state index contributed by atoms with van der Waals surface area (Å²) in [6.45, 7) is -1.58. The lowest BCUT2D eigenvalue weighted by molar-refractivity contribution is -0.142. The fraction of sp³-hybridized carbons (Fsp3) is 0.600. The second-order valence-electron chi connectivity index (χ2n) is 3.87. The molecule has 0 aliphatic heterocycles. The molecule has 0 aliphatic carbocycles. The smallest absolute Gasteiger partial charge is 0.328 e. The van der Waals surface area contributed by atoms with Crippen molar-refractivity contribution in [1.29, 1.82) is 0 Å². The molecule has 0 saturated carbocycles. The van der Waals surface area contributed by atoms with Crippen LogP contribution in [0.1, 0.15) is 0 Å². The number of hydrogen-bond donors (Lipinski definition) is 7. The van der Waals surface area contributed by atoms with Crippen molar-refractivity contribution in [3.8, 4) is 0 Å². The van der Waals surface area contributed by atoms with Gasteiger partial charge in [-0.15, -0.1) is 0 Å². The van der Waals surface area contributed by atoms with E-state index in [1.165, 1.54) is 0 Å². The lowest BCUT2D eigenvalue weighted by Gasteiger charge is -2.16. The van der Waals surface area contributed by atoms with Crippen LogP contribution in [0.3, 0.4) is 0 Å². The van der Waals surface area contributed by atoms with Crippen LogP contribution in [0.5, 0.6) is 0 Å². The van der Waals surface area contributed by atoms with Gasteiger partial charge in [0.15, 0.2) is 0 Å². The van der Waals surface area contributed by atoms with E-state index in [1.807, 2.05) is 5.32 Å². The average Bonchev–Trinajstić information content (AvgIpc) is 2.46. The molecule has 0 fully saturated rings. The Bertz CT molecular complexity index is 405. The van der Waals surface area contributed by atoms with E-state index in [4.69, 9.17) is 15.9 Å². The third kappa shape index (κ3) is 7.48. The van der Waals surface area contributed by atoms with Crippen LogP contribution in [-0.2, 0) is 19.2 Å². The zero-order valence-electron chi connectivity index (χ0n) is 11.0. The van der Waals surface area contributed by atoms with Crippen LogP contribution in [0, 0.1) is 0 Å². The van der Waals surface area contributed by atoms with Crippen molar-refractivity contribution in [2.45, 2.75) is 12.1 Å². The van der Waals surface area contributed by atoms with E-state index in [0.717, 1.165) is 0 Å². The minimum absolute atomic E-state index is 0.00637. The molecule has 0 aliphatic rings. The largest absolute Gasteiger partial charge is 0.480 e. The molecule has 0 aromatic heterocycles.